The molecule has 0 unspecified atom stereocenters. The molecular weight excluding hydrogens is 404 g/mol. The molecule has 0 atom stereocenters. The van der Waals surface area contributed by atoms with E-state index in [-0.39, 0.29) is 5.91 Å². The van der Waals surface area contributed by atoms with Crippen LogP contribution < -0.4 is 10.2 Å². The summed E-state index contributed by atoms with van der Waals surface area (Å²) in [5.74, 6) is 1.58. The summed E-state index contributed by atoms with van der Waals surface area (Å²) < 4.78 is 3.77. The first-order chi connectivity index (χ1) is 15.7. The van der Waals surface area contributed by atoms with Gasteiger partial charge in [-0.1, -0.05) is 18.2 Å². The molecule has 9 nitrogen and oxygen atoms in total. The van der Waals surface area contributed by atoms with E-state index >= 15 is 0 Å². The summed E-state index contributed by atoms with van der Waals surface area (Å²) in [7, 11) is 1.83. The van der Waals surface area contributed by atoms with Crippen molar-refractivity contribution in [2.24, 2.45) is 13.0 Å². The van der Waals surface area contributed by atoms with Crippen molar-refractivity contribution in [2.45, 2.75) is 25.8 Å². The number of nitrogens with zero attached hydrogens (tertiary/aromatic N) is 7. The summed E-state index contributed by atoms with van der Waals surface area (Å²) in [4.78, 5) is 28.5. The van der Waals surface area contributed by atoms with E-state index < -0.39 is 0 Å². The molecule has 6 rings (SSSR count). The van der Waals surface area contributed by atoms with Crippen LogP contribution in [0.3, 0.4) is 0 Å². The number of hydrogen-bond acceptors (Lipinski definition) is 6. The molecular formula is C23H24N8O. The Hall–Kier alpha value is -3.75. The van der Waals surface area contributed by atoms with Gasteiger partial charge in [-0.2, -0.15) is 5.10 Å². The van der Waals surface area contributed by atoms with E-state index in [9.17, 15) is 4.79 Å². The van der Waals surface area contributed by atoms with Crippen LogP contribution in [-0.2, 0) is 20.0 Å². The van der Waals surface area contributed by atoms with Crippen molar-refractivity contribution in [3.05, 3.63) is 59.9 Å². The number of amides is 1. The lowest BCUT2D eigenvalue weighted by molar-refractivity contribution is 0.0939. The average Bonchev–Trinajstić information content (AvgIpc) is 3.47. The summed E-state index contributed by atoms with van der Waals surface area (Å²) in [5, 5.41) is 7.62. The van der Waals surface area contributed by atoms with Crippen LogP contribution in [0.1, 0.15) is 34.7 Å². The first kappa shape index (κ1) is 19.0. The van der Waals surface area contributed by atoms with Crippen molar-refractivity contribution in [3.63, 3.8) is 0 Å². The lowest BCUT2D eigenvalue weighted by Crippen LogP contribution is -2.31. The maximum atomic E-state index is 12.7. The molecule has 0 saturated heterocycles. The van der Waals surface area contributed by atoms with Crippen LogP contribution in [0.25, 0.3) is 16.9 Å². The highest BCUT2D eigenvalue weighted by atomic mass is 16.2. The molecule has 162 valence electrons. The van der Waals surface area contributed by atoms with Crippen LogP contribution in [-0.4, -0.2) is 48.3 Å². The van der Waals surface area contributed by atoms with Gasteiger partial charge in [-0.25, -0.2) is 19.6 Å². The molecule has 4 heterocycles. The predicted molar refractivity (Wildman–Crippen MR) is 120 cm³/mol. The summed E-state index contributed by atoms with van der Waals surface area (Å²) in [6.07, 6.45) is 6.71. The molecule has 32 heavy (non-hydrogen) atoms. The molecule has 1 N–H and O–H groups in total. The van der Waals surface area contributed by atoms with Crippen molar-refractivity contribution in [3.8, 4) is 5.69 Å². The summed E-state index contributed by atoms with van der Waals surface area (Å²) in [5.41, 5.74) is 4.78. The van der Waals surface area contributed by atoms with Gasteiger partial charge in [-0.15, -0.1) is 0 Å². The van der Waals surface area contributed by atoms with E-state index in [4.69, 9.17) is 0 Å². The molecule has 4 aromatic rings. The highest BCUT2D eigenvalue weighted by molar-refractivity contribution is 5.96. The Balaban J connectivity index is 1.30. The highest BCUT2D eigenvalue weighted by Crippen LogP contribution is 2.30. The Morgan fingerprint density at radius 3 is 2.84 bits per heavy atom. The van der Waals surface area contributed by atoms with Crippen LogP contribution in [0.2, 0.25) is 0 Å². The van der Waals surface area contributed by atoms with Crippen LogP contribution in [0.5, 0.6) is 0 Å². The standard InChI is InChI=1S/C23H24N8O/c1-29-20-19(28-22(29)23(32)24-11-15-7-8-15)21(26-14-25-20)30-10-9-18-16(13-30)12-27-31(18)17-5-3-2-4-6-17/h2-6,12,14-15H,7-11,13H2,1H3,(H,24,32). The molecule has 3 aromatic heterocycles. The van der Waals surface area contributed by atoms with Crippen molar-refractivity contribution >= 4 is 22.9 Å². The summed E-state index contributed by atoms with van der Waals surface area (Å²) >= 11 is 0. The second kappa shape index (κ2) is 7.44. The van der Waals surface area contributed by atoms with E-state index in [0.29, 0.717) is 36.0 Å². The van der Waals surface area contributed by atoms with Gasteiger partial charge >= 0.3 is 0 Å². The fraction of sp³-hybridized carbons (Fsp3) is 0.348. The Kier molecular flexibility index (Phi) is 4.41. The second-order valence-electron chi connectivity index (χ2n) is 8.55. The lowest BCUT2D eigenvalue weighted by atomic mass is 10.1. The van der Waals surface area contributed by atoms with Gasteiger partial charge in [0, 0.05) is 38.7 Å². The average molecular weight is 429 g/mol. The number of anilines is 1. The Morgan fingerprint density at radius 2 is 2.03 bits per heavy atom. The largest absolute Gasteiger partial charge is 0.350 e. The number of imidazole rings is 1. The number of carbonyl (C=O) groups excluding carboxylic acids is 1. The maximum absolute atomic E-state index is 12.7. The molecule has 1 amide bonds. The third-order valence-electron chi connectivity index (χ3n) is 6.32. The van der Waals surface area contributed by atoms with Gasteiger partial charge in [0.2, 0.25) is 5.82 Å². The van der Waals surface area contributed by atoms with Crippen LogP contribution in [0, 0.1) is 5.92 Å². The number of aryl methyl sites for hydroxylation is 1. The highest BCUT2D eigenvalue weighted by Gasteiger charge is 2.27. The zero-order chi connectivity index (χ0) is 21.7. The summed E-state index contributed by atoms with van der Waals surface area (Å²) in [6.45, 7) is 2.19. The molecule has 1 aliphatic heterocycles. The number of benzene rings is 1. The minimum atomic E-state index is -0.159. The number of carbonyl (C=O) groups is 1. The predicted octanol–water partition coefficient (Wildman–Crippen LogP) is 2.25. The maximum Gasteiger partial charge on any atom is 0.287 e. The van der Waals surface area contributed by atoms with Gasteiger partial charge in [-0.3, -0.25) is 4.79 Å². The van der Waals surface area contributed by atoms with Crippen LogP contribution >= 0.6 is 0 Å². The Morgan fingerprint density at radius 1 is 1.19 bits per heavy atom. The van der Waals surface area contributed by atoms with Crippen LogP contribution in [0.15, 0.2) is 42.9 Å². The van der Waals surface area contributed by atoms with Gasteiger partial charge in [0.15, 0.2) is 17.0 Å². The molecule has 1 fully saturated rings. The van der Waals surface area contributed by atoms with E-state index in [1.54, 1.807) is 10.9 Å². The van der Waals surface area contributed by atoms with E-state index in [0.717, 1.165) is 24.5 Å². The Bertz CT molecular complexity index is 1300. The van der Waals surface area contributed by atoms with E-state index in [1.807, 2.05) is 36.1 Å². The topological polar surface area (TPSA) is 93.8 Å². The summed E-state index contributed by atoms with van der Waals surface area (Å²) in [6, 6.07) is 10.2. The van der Waals surface area contributed by atoms with Gasteiger partial charge in [0.1, 0.15) is 6.33 Å². The molecule has 0 bridgehead atoms. The second-order valence-corrected chi connectivity index (χ2v) is 8.55. The number of fused-ring (bicyclic) bond motifs is 2. The normalized spacial score (nSPS) is 15.7. The quantitative estimate of drug-likeness (QED) is 0.524. The van der Waals surface area contributed by atoms with Gasteiger partial charge < -0.3 is 14.8 Å². The molecule has 1 saturated carbocycles. The van der Waals surface area contributed by atoms with Crippen molar-refractivity contribution < 1.29 is 4.79 Å². The van der Waals surface area contributed by atoms with Gasteiger partial charge in [0.25, 0.3) is 5.91 Å². The Labute approximate surface area is 185 Å². The molecule has 0 spiro atoms. The molecule has 0 radical (unpaired) electrons. The van der Waals surface area contributed by atoms with Crippen molar-refractivity contribution in [1.82, 2.24) is 34.6 Å². The molecule has 9 heteroatoms. The molecule has 2 aliphatic rings. The number of rotatable bonds is 5. The fourth-order valence-electron chi connectivity index (χ4n) is 4.36. The minimum absolute atomic E-state index is 0.159. The first-order valence-corrected chi connectivity index (χ1v) is 11.0. The van der Waals surface area contributed by atoms with E-state index in [1.165, 1.54) is 24.1 Å². The number of aromatic nitrogens is 6. The zero-order valence-electron chi connectivity index (χ0n) is 17.9. The third-order valence-corrected chi connectivity index (χ3v) is 6.32. The monoisotopic (exact) mass is 428 g/mol. The number of para-hydroxylation sites is 1. The first-order valence-electron chi connectivity index (χ1n) is 11.0. The van der Waals surface area contributed by atoms with Gasteiger partial charge in [0.05, 0.1) is 17.6 Å². The van der Waals surface area contributed by atoms with Crippen molar-refractivity contribution in [2.75, 3.05) is 18.0 Å². The molecule has 1 aromatic carbocycles. The SMILES string of the molecule is Cn1c(C(=O)NCC2CC2)nc2c(N3CCc4c(cnn4-c4ccccc4)C3)ncnc21. The number of hydrogen-bond donors (Lipinski definition) is 1. The van der Waals surface area contributed by atoms with Gasteiger partial charge in [-0.05, 0) is 30.9 Å². The minimum Gasteiger partial charge on any atom is -0.350 e. The smallest absolute Gasteiger partial charge is 0.287 e. The fourth-order valence-corrected chi connectivity index (χ4v) is 4.36. The van der Waals surface area contributed by atoms with E-state index in [2.05, 4.69) is 42.4 Å². The zero-order valence-corrected chi connectivity index (χ0v) is 17.9. The molecule has 1 aliphatic carbocycles. The van der Waals surface area contributed by atoms with Crippen molar-refractivity contribution in [1.29, 1.82) is 0 Å². The van der Waals surface area contributed by atoms with Crippen LogP contribution in [0.4, 0.5) is 5.82 Å². The lowest BCUT2D eigenvalue weighted by Gasteiger charge is -2.28. The third kappa shape index (κ3) is 3.21. The number of nitrogens with one attached hydrogen (secondary N) is 1.